The number of aryl methyl sites for hydroxylation is 1. The highest BCUT2D eigenvalue weighted by molar-refractivity contribution is 7.90. The number of hydrogen-bond acceptors (Lipinski definition) is 5. The first kappa shape index (κ1) is 14.1. The van der Waals surface area contributed by atoms with Crippen LogP contribution in [0.25, 0.3) is 0 Å². The van der Waals surface area contributed by atoms with Gasteiger partial charge in [0.05, 0.1) is 6.04 Å². The van der Waals surface area contributed by atoms with Crippen molar-refractivity contribution < 1.29 is 18.3 Å². The van der Waals surface area contributed by atoms with Crippen molar-refractivity contribution in [3.05, 3.63) is 16.1 Å². The first-order chi connectivity index (χ1) is 7.74. The predicted octanol–water partition coefficient (Wildman–Crippen LogP) is 0.905. The van der Waals surface area contributed by atoms with Gasteiger partial charge in [0.25, 0.3) is 0 Å². The number of aromatic nitrogens is 1. The molecule has 0 saturated heterocycles. The van der Waals surface area contributed by atoms with Crippen LogP contribution in [0, 0.1) is 6.92 Å². The van der Waals surface area contributed by atoms with Crippen molar-refractivity contribution in [1.82, 2.24) is 9.71 Å². The molecule has 0 aliphatic rings. The standard InChI is InChI=1S/C9H14N2O4S2/c1-5-4-16-8(10-5)6(2)11-17(14,15)7(3)9(12)13/h4,6-7,11H,1-3H3,(H,12,13). The van der Waals surface area contributed by atoms with Gasteiger partial charge in [-0.25, -0.2) is 18.1 Å². The molecule has 2 N–H and O–H groups in total. The first-order valence-electron chi connectivity index (χ1n) is 4.90. The lowest BCUT2D eigenvalue weighted by molar-refractivity contribution is -0.136. The van der Waals surface area contributed by atoms with E-state index < -0.39 is 27.3 Å². The number of nitrogens with one attached hydrogen (secondary N) is 1. The molecule has 0 radical (unpaired) electrons. The third kappa shape index (κ3) is 3.48. The van der Waals surface area contributed by atoms with E-state index in [0.29, 0.717) is 5.01 Å². The lowest BCUT2D eigenvalue weighted by Gasteiger charge is -2.14. The van der Waals surface area contributed by atoms with Gasteiger partial charge in [0.15, 0.2) is 5.25 Å². The average molecular weight is 278 g/mol. The molecule has 0 fully saturated rings. The van der Waals surface area contributed by atoms with Crippen LogP contribution in [-0.4, -0.2) is 29.7 Å². The highest BCUT2D eigenvalue weighted by Gasteiger charge is 2.29. The predicted molar refractivity (Wildman–Crippen MR) is 64.4 cm³/mol. The molecule has 1 heterocycles. The zero-order valence-electron chi connectivity index (χ0n) is 9.67. The second-order valence-electron chi connectivity index (χ2n) is 3.69. The molecule has 0 spiro atoms. The number of rotatable bonds is 5. The van der Waals surface area contributed by atoms with Gasteiger partial charge in [-0.1, -0.05) is 0 Å². The number of sulfonamides is 1. The summed E-state index contributed by atoms with van der Waals surface area (Å²) >= 11 is 1.33. The van der Waals surface area contributed by atoms with Gasteiger partial charge in [0.1, 0.15) is 5.01 Å². The molecule has 6 nitrogen and oxygen atoms in total. The Labute approximate surface area is 104 Å². The van der Waals surface area contributed by atoms with Gasteiger partial charge in [0, 0.05) is 11.1 Å². The van der Waals surface area contributed by atoms with Crippen molar-refractivity contribution >= 4 is 27.3 Å². The summed E-state index contributed by atoms with van der Waals surface area (Å²) in [4.78, 5) is 14.8. The molecule has 96 valence electrons. The Kier molecular flexibility index (Phi) is 4.23. The summed E-state index contributed by atoms with van der Waals surface area (Å²) in [5, 5.41) is 9.61. The topological polar surface area (TPSA) is 96.4 Å². The van der Waals surface area contributed by atoms with Crippen molar-refractivity contribution in [3.8, 4) is 0 Å². The normalized spacial score (nSPS) is 15.5. The molecule has 0 amide bonds. The first-order valence-corrected chi connectivity index (χ1v) is 7.32. The zero-order chi connectivity index (χ0) is 13.2. The smallest absolute Gasteiger partial charge is 0.323 e. The summed E-state index contributed by atoms with van der Waals surface area (Å²) in [6, 6.07) is -0.527. The molecular formula is C9H14N2O4S2. The van der Waals surface area contributed by atoms with Crippen LogP contribution in [-0.2, 0) is 14.8 Å². The van der Waals surface area contributed by atoms with Gasteiger partial charge in [-0.05, 0) is 20.8 Å². The highest BCUT2D eigenvalue weighted by Crippen LogP contribution is 2.18. The Morgan fingerprint density at radius 3 is 2.53 bits per heavy atom. The zero-order valence-corrected chi connectivity index (χ0v) is 11.3. The summed E-state index contributed by atoms with van der Waals surface area (Å²) in [6.45, 7) is 4.57. The molecular weight excluding hydrogens is 264 g/mol. The Balaban J connectivity index is 2.81. The number of hydrogen-bond donors (Lipinski definition) is 2. The molecule has 0 saturated carbocycles. The maximum Gasteiger partial charge on any atom is 0.323 e. The largest absolute Gasteiger partial charge is 0.480 e. The molecule has 1 aromatic heterocycles. The van der Waals surface area contributed by atoms with E-state index in [1.54, 1.807) is 19.2 Å². The minimum atomic E-state index is -3.88. The minimum Gasteiger partial charge on any atom is -0.480 e. The quantitative estimate of drug-likeness (QED) is 0.834. The van der Waals surface area contributed by atoms with Crippen LogP contribution in [0.15, 0.2) is 5.38 Å². The van der Waals surface area contributed by atoms with Crippen molar-refractivity contribution in [2.75, 3.05) is 0 Å². The average Bonchev–Trinajstić information content (AvgIpc) is 2.63. The van der Waals surface area contributed by atoms with Crippen LogP contribution in [0.4, 0.5) is 0 Å². The molecule has 0 aliphatic heterocycles. The number of carboxylic acid groups (broad SMARTS) is 1. The fourth-order valence-corrected chi connectivity index (χ4v) is 3.06. The Hall–Kier alpha value is -0.990. The van der Waals surface area contributed by atoms with Crippen molar-refractivity contribution in [2.24, 2.45) is 0 Å². The number of carbonyl (C=O) groups is 1. The monoisotopic (exact) mass is 278 g/mol. The van der Waals surface area contributed by atoms with Gasteiger partial charge in [-0.3, -0.25) is 4.79 Å². The maximum absolute atomic E-state index is 11.6. The van der Waals surface area contributed by atoms with E-state index in [-0.39, 0.29) is 0 Å². The van der Waals surface area contributed by atoms with Crippen LogP contribution in [0.5, 0.6) is 0 Å². The number of aliphatic carboxylic acids is 1. The van der Waals surface area contributed by atoms with Gasteiger partial charge >= 0.3 is 5.97 Å². The molecule has 2 unspecified atom stereocenters. The molecule has 0 bridgehead atoms. The summed E-state index contributed by atoms with van der Waals surface area (Å²) in [7, 11) is -3.88. The summed E-state index contributed by atoms with van der Waals surface area (Å²) in [6.07, 6.45) is 0. The van der Waals surface area contributed by atoms with Gasteiger partial charge in [-0.15, -0.1) is 11.3 Å². The van der Waals surface area contributed by atoms with E-state index in [9.17, 15) is 13.2 Å². The Morgan fingerprint density at radius 2 is 2.12 bits per heavy atom. The second kappa shape index (κ2) is 5.11. The lowest BCUT2D eigenvalue weighted by atomic mass is 10.4. The Bertz CT molecular complexity index is 509. The third-order valence-electron chi connectivity index (χ3n) is 2.16. The fourth-order valence-electron chi connectivity index (χ4n) is 1.10. The van der Waals surface area contributed by atoms with Crippen molar-refractivity contribution in [1.29, 1.82) is 0 Å². The molecule has 1 rings (SSSR count). The van der Waals surface area contributed by atoms with Gasteiger partial charge in [0.2, 0.25) is 10.0 Å². The molecule has 0 aliphatic carbocycles. The molecule has 17 heavy (non-hydrogen) atoms. The maximum atomic E-state index is 11.6. The minimum absolute atomic E-state index is 0.527. The van der Waals surface area contributed by atoms with E-state index in [1.165, 1.54) is 11.3 Å². The van der Waals surface area contributed by atoms with Crippen LogP contribution in [0.3, 0.4) is 0 Å². The van der Waals surface area contributed by atoms with Crippen molar-refractivity contribution in [2.45, 2.75) is 32.1 Å². The molecule has 2 atom stereocenters. The second-order valence-corrected chi connectivity index (χ2v) is 6.61. The van der Waals surface area contributed by atoms with Gasteiger partial charge in [-0.2, -0.15) is 0 Å². The molecule has 8 heteroatoms. The molecule has 1 aromatic rings. The number of thiazole rings is 1. The van der Waals surface area contributed by atoms with E-state index in [0.717, 1.165) is 12.6 Å². The van der Waals surface area contributed by atoms with Crippen molar-refractivity contribution in [3.63, 3.8) is 0 Å². The SMILES string of the molecule is Cc1csc(C(C)NS(=O)(=O)C(C)C(=O)O)n1. The Morgan fingerprint density at radius 1 is 1.53 bits per heavy atom. The summed E-state index contributed by atoms with van der Waals surface area (Å²) in [5.74, 6) is -1.37. The van der Waals surface area contributed by atoms with E-state index in [4.69, 9.17) is 5.11 Å². The van der Waals surface area contributed by atoms with E-state index >= 15 is 0 Å². The van der Waals surface area contributed by atoms with E-state index in [1.807, 2.05) is 0 Å². The summed E-state index contributed by atoms with van der Waals surface area (Å²) in [5.41, 5.74) is 0.808. The lowest BCUT2D eigenvalue weighted by Crippen LogP contribution is -2.38. The fraction of sp³-hybridized carbons (Fsp3) is 0.556. The third-order valence-corrected chi connectivity index (χ3v) is 5.12. The molecule has 0 aromatic carbocycles. The van der Waals surface area contributed by atoms with Crippen LogP contribution in [0.2, 0.25) is 0 Å². The number of carboxylic acids is 1. The van der Waals surface area contributed by atoms with Gasteiger partial charge < -0.3 is 5.11 Å². The highest BCUT2D eigenvalue weighted by atomic mass is 32.2. The summed E-state index contributed by atoms with van der Waals surface area (Å²) < 4.78 is 25.6. The van der Waals surface area contributed by atoms with Crippen LogP contribution >= 0.6 is 11.3 Å². The van der Waals surface area contributed by atoms with Crippen LogP contribution < -0.4 is 4.72 Å². The van der Waals surface area contributed by atoms with E-state index in [2.05, 4.69) is 9.71 Å². The number of nitrogens with zero attached hydrogens (tertiary/aromatic N) is 1. The van der Waals surface area contributed by atoms with Crippen LogP contribution in [0.1, 0.15) is 30.6 Å².